The number of halogens is 1. The molecule has 0 spiro atoms. The van der Waals surface area contributed by atoms with Crippen molar-refractivity contribution in [3.05, 3.63) is 52.0 Å². The fourth-order valence-corrected chi connectivity index (χ4v) is 2.20. The summed E-state index contributed by atoms with van der Waals surface area (Å²) in [7, 11) is 1.42. The number of rotatable bonds is 4. The first-order valence-corrected chi connectivity index (χ1v) is 6.99. The Labute approximate surface area is 138 Å². The molecular formula is C16H15ClN2O4. The smallest absolute Gasteiger partial charge is 0.271 e. The van der Waals surface area contributed by atoms with E-state index in [1.807, 2.05) is 0 Å². The quantitative estimate of drug-likeness (QED) is 0.592. The number of hydrazone groups is 1. The van der Waals surface area contributed by atoms with Crippen molar-refractivity contribution in [2.24, 2.45) is 5.10 Å². The molecule has 2 aromatic carbocycles. The van der Waals surface area contributed by atoms with Gasteiger partial charge in [0.1, 0.15) is 5.75 Å². The van der Waals surface area contributed by atoms with Crippen molar-refractivity contribution in [1.29, 1.82) is 0 Å². The molecule has 1 amide bonds. The lowest BCUT2D eigenvalue weighted by Crippen LogP contribution is -2.17. The molecule has 0 radical (unpaired) electrons. The van der Waals surface area contributed by atoms with Crippen LogP contribution < -0.4 is 10.2 Å². The van der Waals surface area contributed by atoms with Crippen molar-refractivity contribution in [2.45, 2.75) is 6.92 Å². The Balaban J connectivity index is 2.11. The Morgan fingerprint density at radius 1 is 1.30 bits per heavy atom. The van der Waals surface area contributed by atoms with E-state index in [1.54, 1.807) is 13.0 Å². The van der Waals surface area contributed by atoms with Crippen LogP contribution >= 0.6 is 11.6 Å². The van der Waals surface area contributed by atoms with Crippen molar-refractivity contribution in [2.75, 3.05) is 7.11 Å². The van der Waals surface area contributed by atoms with Gasteiger partial charge in [-0.05, 0) is 42.8 Å². The van der Waals surface area contributed by atoms with Gasteiger partial charge in [0.15, 0.2) is 11.5 Å². The number of nitrogens with one attached hydrogen (secondary N) is 1. The summed E-state index contributed by atoms with van der Waals surface area (Å²) in [5.74, 6) is -0.358. The van der Waals surface area contributed by atoms with Crippen LogP contribution in [0.15, 0.2) is 35.4 Å². The van der Waals surface area contributed by atoms with Crippen molar-refractivity contribution in [3.8, 4) is 17.2 Å². The molecule has 0 atom stereocenters. The van der Waals surface area contributed by atoms with Crippen LogP contribution in [0.2, 0.25) is 5.02 Å². The summed E-state index contributed by atoms with van der Waals surface area (Å²) in [4.78, 5) is 11.9. The van der Waals surface area contributed by atoms with E-state index in [4.69, 9.17) is 16.3 Å². The monoisotopic (exact) mass is 334 g/mol. The Hall–Kier alpha value is -2.73. The van der Waals surface area contributed by atoms with Crippen LogP contribution in [0.3, 0.4) is 0 Å². The minimum absolute atomic E-state index is 0.0366. The van der Waals surface area contributed by atoms with Crippen LogP contribution in [0.1, 0.15) is 21.5 Å². The van der Waals surface area contributed by atoms with Crippen LogP contribution in [0.5, 0.6) is 17.2 Å². The molecule has 0 bridgehead atoms. The number of aryl methyl sites for hydroxylation is 1. The number of amides is 1. The lowest BCUT2D eigenvalue weighted by molar-refractivity contribution is 0.0954. The number of aromatic hydroxyl groups is 2. The van der Waals surface area contributed by atoms with E-state index in [1.165, 1.54) is 37.6 Å². The molecule has 0 aliphatic heterocycles. The standard InChI is InChI=1S/C16H15ClN2O4/c1-9-5-12(17)6-11(15(9)21)8-18-19-16(22)10-3-4-14(23-2)13(20)7-10/h3-8,20-21H,1-2H3,(H,19,22)/b18-8+. The van der Waals surface area contributed by atoms with Gasteiger partial charge in [0.2, 0.25) is 0 Å². The number of benzene rings is 2. The maximum atomic E-state index is 11.9. The van der Waals surface area contributed by atoms with E-state index in [0.717, 1.165) is 0 Å². The van der Waals surface area contributed by atoms with E-state index >= 15 is 0 Å². The second-order valence-electron chi connectivity index (χ2n) is 4.75. The van der Waals surface area contributed by atoms with Crippen molar-refractivity contribution < 1.29 is 19.7 Å². The van der Waals surface area contributed by atoms with Gasteiger partial charge in [0.25, 0.3) is 5.91 Å². The molecule has 0 aliphatic rings. The molecule has 23 heavy (non-hydrogen) atoms. The van der Waals surface area contributed by atoms with Gasteiger partial charge in [0, 0.05) is 16.1 Å². The molecular weight excluding hydrogens is 320 g/mol. The van der Waals surface area contributed by atoms with E-state index in [9.17, 15) is 15.0 Å². The lowest BCUT2D eigenvalue weighted by Gasteiger charge is -2.06. The van der Waals surface area contributed by atoms with Crippen molar-refractivity contribution >= 4 is 23.7 Å². The molecule has 0 aromatic heterocycles. The number of carbonyl (C=O) groups is 1. The van der Waals surface area contributed by atoms with Crippen molar-refractivity contribution in [3.63, 3.8) is 0 Å². The molecule has 6 nitrogen and oxygen atoms in total. The van der Waals surface area contributed by atoms with Gasteiger partial charge in [-0.1, -0.05) is 11.6 Å². The molecule has 0 fully saturated rings. The van der Waals surface area contributed by atoms with Crippen LogP contribution in [-0.4, -0.2) is 29.4 Å². The molecule has 0 saturated heterocycles. The molecule has 3 N–H and O–H groups in total. The van der Waals surface area contributed by atoms with Crippen LogP contribution in [0, 0.1) is 6.92 Å². The topological polar surface area (TPSA) is 91.2 Å². The normalized spacial score (nSPS) is 10.7. The number of hydrogen-bond donors (Lipinski definition) is 3. The van der Waals surface area contributed by atoms with E-state index < -0.39 is 5.91 Å². The molecule has 7 heteroatoms. The Morgan fingerprint density at radius 3 is 2.70 bits per heavy atom. The summed E-state index contributed by atoms with van der Waals surface area (Å²) in [5, 5.41) is 23.8. The van der Waals surface area contributed by atoms with Gasteiger partial charge >= 0.3 is 0 Å². The first-order valence-electron chi connectivity index (χ1n) is 6.62. The second-order valence-corrected chi connectivity index (χ2v) is 5.18. The molecule has 0 unspecified atom stereocenters. The summed E-state index contributed by atoms with van der Waals surface area (Å²) < 4.78 is 4.90. The third-order valence-electron chi connectivity index (χ3n) is 3.11. The highest BCUT2D eigenvalue weighted by Crippen LogP contribution is 2.26. The zero-order valence-electron chi connectivity index (χ0n) is 12.5. The third kappa shape index (κ3) is 3.92. The fourth-order valence-electron chi connectivity index (χ4n) is 1.92. The minimum Gasteiger partial charge on any atom is -0.507 e. The summed E-state index contributed by atoms with van der Waals surface area (Å²) in [6.45, 7) is 1.71. The summed E-state index contributed by atoms with van der Waals surface area (Å²) in [5.41, 5.74) is 3.50. The number of phenols is 2. The zero-order valence-corrected chi connectivity index (χ0v) is 13.3. The molecule has 120 valence electrons. The number of methoxy groups -OCH3 is 1. The number of ether oxygens (including phenoxy) is 1. The first kappa shape index (κ1) is 16.6. The predicted molar refractivity (Wildman–Crippen MR) is 87.6 cm³/mol. The van der Waals surface area contributed by atoms with Gasteiger partial charge in [-0.3, -0.25) is 4.79 Å². The molecule has 2 aromatic rings. The highest BCUT2D eigenvalue weighted by molar-refractivity contribution is 6.31. The largest absolute Gasteiger partial charge is 0.507 e. The average Bonchev–Trinajstić information content (AvgIpc) is 2.51. The van der Waals surface area contributed by atoms with Gasteiger partial charge in [0.05, 0.1) is 13.3 Å². The highest BCUT2D eigenvalue weighted by Gasteiger charge is 2.09. The fraction of sp³-hybridized carbons (Fsp3) is 0.125. The predicted octanol–water partition coefficient (Wildman–Crippen LogP) is 2.83. The SMILES string of the molecule is COc1ccc(C(=O)N/N=C/c2cc(Cl)cc(C)c2O)cc1O. The maximum absolute atomic E-state index is 11.9. The van der Waals surface area contributed by atoms with E-state index in [0.29, 0.717) is 16.1 Å². The van der Waals surface area contributed by atoms with Crippen LogP contribution in [0.4, 0.5) is 0 Å². The number of phenolic OH excluding ortho intramolecular Hbond substituents is 2. The number of carbonyl (C=O) groups excluding carboxylic acids is 1. The average molecular weight is 335 g/mol. The molecule has 0 saturated carbocycles. The maximum Gasteiger partial charge on any atom is 0.271 e. The lowest BCUT2D eigenvalue weighted by atomic mass is 10.1. The first-order chi connectivity index (χ1) is 10.9. The summed E-state index contributed by atoms with van der Waals surface area (Å²) in [6.07, 6.45) is 1.29. The molecule has 2 rings (SSSR count). The zero-order chi connectivity index (χ0) is 17.0. The Morgan fingerprint density at radius 2 is 2.04 bits per heavy atom. The number of nitrogens with zero attached hydrogens (tertiary/aromatic N) is 1. The van der Waals surface area contributed by atoms with E-state index in [2.05, 4.69) is 10.5 Å². The molecule has 0 aliphatic carbocycles. The van der Waals surface area contributed by atoms with E-state index in [-0.39, 0.29) is 22.8 Å². The van der Waals surface area contributed by atoms with Gasteiger partial charge < -0.3 is 14.9 Å². The van der Waals surface area contributed by atoms with Crippen LogP contribution in [-0.2, 0) is 0 Å². The van der Waals surface area contributed by atoms with Gasteiger partial charge in [-0.2, -0.15) is 5.10 Å². The van der Waals surface area contributed by atoms with Crippen LogP contribution in [0.25, 0.3) is 0 Å². The Bertz CT molecular complexity index is 775. The van der Waals surface area contributed by atoms with Crippen molar-refractivity contribution in [1.82, 2.24) is 5.43 Å². The summed E-state index contributed by atoms with van der Waals surface area (Å²) in [6, 6.07) is 7.38. The second kappa shape index (κ2) is 7.02. The molecule has 0 heterocycles. The Kier molecular flexibility index (Phi) is 5.08. The third-order valence-corrected chi connectivity index (χ3v) is 3.32. The van der Waals surface area contributed by atoms with Gasteiger partial charge in [-0.15, -0.1) is 0 Å². The highest BCUT2D eigenvalue weighted by atomic mass is 35.5. The minimum atomic E-state index is -0.516. The summed E-state index contributed by atoms with van der Waals surface area (Å²) >= 11 is 5.91. The van der Waals surface area contributed by atoms with Gasteiger partial charge in [-0.25, -0.2) is 5.43 Å². The number of hydrogen-bond acceptors (Lipinski definition) is 5.